The number of urea groups is 1. The zero-order chi connectivity index (χ0) is 18.0. The molecule has 0 aliphatic rings. The van der Waals surface area contributed by atoms with Gasteiger partial charge in [0, 0.05) is 25.8 Å². The van der Waals surface area contributed by atoms with Gasteiger partial charge < -0.3 is 19.5 Å². The van der Waals surface area contributed by atoms with E-state index in [1.54, 1.807) is 37.4 Å². The number of carbonyl (C=O) groups is 1. The topological polar surface area (TPSA) is 70.8 Å². The van der Waals surface area contributed by atoms with Gasteiger partial charge >= 0.3 is 6.03 Å². The molecule has 0 saturated heterocycles. The van der Waals surface area contributed by atoms with Gasteiger partial charge in [0.25, 0.3) is 0 Å². The highest BCUT2D eigenvalue weighted by atomic mass is 32.1. The lowest BCUT2D eigenvalue weighted by Gasteiger charge is -2.17. The second-order valence-corrected chi connectivity index (χ2v) is 5.92. The molecule has 25 heavy (non-hydrogen) atoms. The maximum absolute atomic E-state index is 12.5. The summed E-state index contributed by atoms with van der Waals surface area (Å²) >= 11 is 4.30. The minimum absolute atomic E-state index is 0.322. The second kappa shape index (κ2) is 6.94. The van der Waals surface area contributed by atoms with Gasteiger partial charge in [0.2, 0.25) is 0 Å². The average molecular weight is 358 g/mol. The molecule has 0 aliphatic heterocycles. The normalized spacial score (nSPS) is 10.6. The highest BCUT2D eigenvalue weighted by molar-refractivity contribution is 7.82. The van der Waals surface area contributed by atoms with Gasteiger partial charge in [-0.25, -0.2) is 9.10 Å². The molecule has 0 unspecified atom stereocenters. The molecule has 2 amide bonds. The van der Waals surface area contributed by atoms with Crippen LogP contribution in [0.3, 0.4) is 0 Å². The molecule has 7 nitrogen and oxygen atoms in total. The SMILES string of the molecule is COc1cccc(NC(=O)N(S)c2noc3cccc(N(C)C)c23)c1. The number of carbonyl (C=O) groups excluding carboxylic acids is 1. The molecule has 3 rings (SSSR count). The zero-order valence-corrected chi connectivity index (χ0v) is 14.9. The molecule has 0 aliphatic carbocycles. The van der Waals surface area contributed by atoms with E-state index in [1.807, 2.05) is 31.1 Å². The fourth-order valence-corrected chi connectivity index (χ4v) is 2.64. The summed E-state index contributed by atoms with van der Waals surface area (Å²) in [6, 6.07) is 12.2. The van der Waals surface area contributed by atoms with Crippen molar-refractivity contribution in [2.45, 2.75) is 0 Å². The molecule has 2 aromatic carbocycles. The number of benzene rings is 2. The molecule has 0 radical (unpaired) electrons. The minimum Gasteiger partial charge on any atom is -0.497 e. The van der Waals surface area contributed by atoms with Crippen LogP contribution in [0, 0.1) is 0 Å². The predicted molar refractivity (Wildman–Crippen MR) is 102 cm³/mol. The van der Waals surface area contributed by atoms with Crippen molar-refractivity contribution in [3.8, 4) is 5.75 Å². The third kappa shape index (κ3) is 3.34. The number of anilines is 3. The van der Waals surface area contributed by atoms with E-state index in [2.05, 4.69) is 23.3 Å². The summed E-state index contributed by atoms with van der Waals surface area (Å²) in [6.07, 6.45) is 0. The molecule has 0 bridgehead atoms. The van der Waals surface area contributed by atoms with Crippen molar-refractivity contribution < 1.29 is 14.1 Å². The van der Waals surface area contributed by atoms with Gasteiger partial charge in [0.05, 0.1) is 18.2 Å². The molecule has 8 heteroatoms. The summed E-state index contributed by atoms with van der Waals surface area (Å²) in [5.41, 5.74) is 2.04. The van der Waals surface area contributed by atoms with Crippen molar-refractivity contribution in [1.82, 2.24) is 5.16 Å². The van der Waals surface area contributed by atoms with Crippen molar-refractivity contribution in [3.63, 3.8) is 0 Å². The molecule has 1 aromatic heterocycles. The monoisotopic (exact) mass is 358 g/mol. The maximum Gasteiger partial charge on any atom is 0.337 e. The number of hydrogen-bond donors (Lipinski definition) is 2. The Morgan fingerprint density at radius 2 is 2.00 bits per heavy atom. The molecular formula is C17H18N4O3S. The Morgan fingerprint density at radius 3 is 2.72 bits per heavy atom. The van der Waals surface area contributed by atoms with Gasteiger partial charge in [-0.1, -0.05) is 30.1 Å². The highest BCUT2D eigenvalue weighted by Crippen LogP contribution is 2.35. The Morgan fingerprint density at radius 1 is 1.24 bits per heavy atom. The van der Waals surface area contributed by atoms with Crippen LogP contribution in [0.25, 0.3) is 11.0 Å². The van der Waals surface area contributed by atoms with Crippen molar-refractivity contribution in [1.29, 1.82) is 0 Å². The third-order valence-corrected chi connectivity index (χ3v) is 4.03. The quantitative estimate of drug-likeness (QED) is 0.695. The van der Waals surface area contributed by atoms with Crippen LogP contribution in [0.4, 0.5) is 22.0 Å². The van der Waals surface area contributed by atoms with E-state index in [4.69, 9.17) is 9.26 Å². The van der Waals surface area contributed by atoms with Crippen LogP contribution < -0.4 is 19.3 Å². The van der Waals surface area contributed by atoms with Crippen molar-refractivity contribution in [2.75, 3.05) is 35.7 Å². The molecule has 0 atom stereocenters. The molecular weight excluding hydrogens is 340 g/mol. The molecule has 0 saturated carbocycles. The standard InChI is InChI=1S/C17H18N4O3S/c1-20(2)13-8-5-9-14-15(13)16(19-24-14)21(25)17(22)18-11-6-4-7-12(10-11)23-3/h4-10,25H,1-3H3,(H,18,22). The van der Waals surface area contributed by atoms with Crippen molar-refractivity contribution >= 4 is 47.0 Å². The number of thiol groups is 1. The van der Waals surface area contributed by atoms with Gasteiger partial charge in [-0.05, 0) is 24.3 Å². The summed E-state index contributed by atoms with van der Waals surface area (Å²) < 4.78 is 11.6. The number of rotatable bonds is 4. The number of methoxy groups -OCH3 is 1. The maximum atomic E-state index is 12.5. The van der Waals surface area contributed by atoms with Crippen molar-refractivity contribution in [3.05, 3.63) is 42.5 Å². The van der Waals surface area contributed by atoms with Crippen LogP contribution in [-0.4, -0.2) is 32.4 Å². The molecule has 0 spiro atoms. The molecule has 3 aromatic rings. The fourth-order valence-electron chi connectivity index (χ4n) is 2.45. The third-order valence-electron chi connectivity index (χ3n) is 3.65. The van der Waals surface area contributed by atoms with Gasteiger partial charge in [-0.3, -0.25) is 0 Å². The van der Waals surface area contributed by atoms with Crippen molar-refractivity contribution in [2.24, 2.45) is 0 Å². The number of ether oxygens (including phenoxy) is 1. The van der Waals surface area contributed by atoms with E-state index in [9.17, 15) is 4.79 Å². The lowest BCUT2D eigenvalue weighted by atomic mass is 10.2. The van der Waals surface area contributed by atoms with E-state index in [-0.39, 0.29) is 0 Å². The van der Waals surface area contributed by atoms with Crippen LogP contribution in [0.2, 0.25) is 0 Å². The first kappa shape index (κ1) is 17.0. The van der Waals surface area contributed by atoms with Crippen LogP contribution in [0.5, 0.6) is 5.75 Å². The van der Waals surface area contributed by atoms with E-state index in [0.717, 1.165) is 9.99 Å². The van der Waals surface area contributed by atoms with Gasteiger partial charge in [0.1, 0.15) is 5.75 Å². The summed E-state index contributed by atoms with van der Waals surface area (Å²) in [5.74, 6) is 0.966. The first-order valence-corrected chi connectivity index (χ1v) is 7.91. The number of amides is 2. The first-order chi connectivity index (χ1) is 12.0. The van der Waals surface area contributed by atoms with Gasteiger partial charge in [-0.2, -0.15) is 0 Å². The second-order valence-electron chi connectivity index (χ2n) is 5.52. The average Bonchev–Trinajstić information content (AvgIpc) is 3.05. The number of hydrogen-bond acceptors (Lipinski definition) is 6. The van der Waals surface area contributed by atoms with Crippen LogP contribution in [0.15, 0.2) is 47.0 Å². The van der Waals surface area contributed by atoms with Crippen LogP contribution >= 0.6 is 12.8 Å². The summed E-state index contributed by atoms with van der Waals surface area (Å²) in [6.45, 7) is 0. The van der Waals surface area contributed by atoms with E-state index >= 15 is 0 Å². The van der Waals surface area contributed by atoms with E-state index in [1.165, 1.54) is 0 Å². The Balaban J connectivity index is 1.91. The Hall–Kier alpha value is -2.87. The Kier molecular flexibility index (Phi) is 4.71. The zero-order valence-electron chi connectivity index (χ0n) is 14.1. The molecule has 1 heterocycles. The number of fused-ring (bicyclic) bond motifs is 1. The van der Waals surface area contributed by atoms with E-state index < -0.39 is 6.03 Å². The van der Waals surface area contributed by atoms with Crippen LogP contribution in [0.1, 0.15) is 0 Å². The largest absolute Gasteiger partial charge is 0.497 e. The lowest BCUT2D eigenvalue weighted by Crippen LogP contribution is -2.27. The van der Waals surface area contributed by atoms with E-state index in [0.29, 0.717) is 28.2 Å². The van der Waals surface area contributed by atoms with Crippen LogP contribution in [-0.2, 0) is 0 Å². The van der Waals surface area contributed by atoms with Gasteiger partial charge in [-0.15, -0.1) is 0 Å². The molecule has 0 fully saturated rings. The lowest BCUT2D eigenvalue weighted by molar-refractivity contribution is 0.260. The smallest absolute Gasteiger partial charge is 0.337 e. The Bertz CT molecular complexity index is 910. The fraction of sp³-hybridized carbons (Fsp3) is 0.176. The summed E-state index contributed by atoms with van der Waals surface area (Å²) in [7, 11) is 5.38. The molecule has 130 valence electrons. The Labute approximate surface area is 150 Å². The summed E-state index contributed by atoms with van der Waals surface area (Å²) in [5, 5.41) is 7.46. The number of nitrogens with zero attached hydrogens (tertiary/aromatic N) is 3. The number of aromatic nitrogens is 1. The van der Waals surface area contributed by atoms with Gasteiger partial charge in [0.15, 0.2) is 11.4 Å². The first-order valence-electron chi connectivity index (χ1n) is 7.51. The minimum atomic E-state index is -0.458. The summed E-state index contributed by atoms with van der Waals surface area (Å²) in [4.78, 5) is 14.5. The number of nitrogens with one attached hydrogen (secondary N) is 1. The molecule has 1 N–H and O–H groups in total. The predicted octanol–water partition coefficient (Wildman–Crippen LogP) is 3.79. The highest BCUT2D eigenvalue weighted by Gasteiger charge is 2.22.